The molecule has 1 rings (SSSR count). The quantitative estimate of drug-likeness (QED) is 0.777. The summed E-state index contributed by atoms with van der Waals surface area (Å²) in [7, 11) is 0. The Kier molecular flexibility index (Phi) is 4.15. The summed E-state index contributed by atoms with van der Waals surface area (Å²) in [5.74, 6) is 0.501. The topological polar surface area (TPSA) is 26.0 Å². The average Bonchev–Trinajstić information content (AvgIpc) is 2.19. The van der Waals surface area contributed by atoms with Gasteiger partial charge in [0.2, 0.25) is 0 Å². The number of hydrogen-bond acceptors (Lipinski definition) is 1. The molecule has 1 aromatic rings. The van der Waals surface area contributed by atoms with Crippen LogP contribution >= 0.6 is 0 Å². The number of benzene rings is 1. The molecule has 0 heterocycles. The highest BCUT2D eigenvalue weighted by Crippen LogP contribution is 2.22. The second-order valence-corrected chi connectivity index (χ2v) is 3.97. The van der Waals surface area contributed by atoms with Crippen LogP contribution in [0.3, 0.4) is 0 Å². The Bertz CT molecular complexity index is 261. The lowest BCUT2D eigenvalue weighted by atomic mass is 9.90. The van der Waals surface area contributed by atoms with Gasteiger partial charge in [-0.1, -0.05) is 38.1 Å². The molecule has 2 N–H and O–H groups in total. The van der Waals surface area contributed by atoms with Crippen molar-refractivity contribution in [2.75, 3.05) is 0 Å². The van der Waals surface area contributed by atoms with Crippen LogP contribution in [0.4, 0.5) is 0 Å². The van der Waals surface area contributed by atoms with Gasteiger partial charge in [-0.2, -0.15) is 0 Å². The van der Waals surface area contributed by atoms with Crippen LogP contribution in [0.5, 0.6) is 0 Å². The number of nitrogens with two attached hydrogens (primary N) is 1. The largest absolute Gasteiger partial charge is 0.327 e. The van der Waals surface area contributed by atoms with Crippen molar-refractivity contribution in [3.8, 4) is 0 Å². The van der Waals surface area contributed by atoms with E-state index in [2.05, 4.69) is 45.0 Å². The first-order valence-corrected chi connectivity index (χ1v) is 5.53. The van der Waals surface area contributed by atoms with Gasteiger partial charge in [0.05, 0.1) is 0 Å². The molecule has 0 aromatic heterocycles. The second-order valence-electron chi connectivity index (χ2n) is 3.97. The van der Waals surface area contributed by atoms with Gasteiger partial charge in [0.25, 0.3) is 0 Å². The standard InChI is InChI=1S/C13H21N/c1-4-11-6-8-12(9-7-11)13(5-2)10(3)14/h6-10,13H,4-5,14H2,1-3H3. The Labute approximate surface area is 87.3 Å². The molecular weight excluding hydrogens is 170 g/mol. The van der Waals surface area contributed by atoms with E-state index < -0.39 is 0 Å². The van der Waals surface area contributed by atoms with Crippen molar-refractivity contribution in [2.45, 2.75) is 45.6 Å². The molecule has 2 unspecified atom stereocenters. The minimum absolute atomic E-state index is 0.243. The van der Waals surface area contributed by atoms with Gasteiger partial charge in [0.1, 0.15) is 0 Å². The lowest BCUT2D eigenvalue weighted by Crippen LogP contribution is -2.24. The lowest BCUT2D eigenvalue weighted by molar-refractivity contribution is 0.552. The van der Waals surface area contributed by atoms with Crippen molar-refractivity contribution in [3.05, 3.63) is 35.4 Å². The second kappa shape index (κ2) is 5.16. The van der Waals surface area contributed by atoms with Gasteiger partial charge >= 0.3 is 0 Å². The number of aryl methyl sites for hydroxylation is 1. The van der Waals surface area contributed by atoms with E-state index >= 15 is 0 Å². The van der Waals surface area contributed by atoms with Crippen LogP contribution in [-0.2, 0) is 6.42 Å². The summed E-state index contributed by atoms with van der Waals surface area (Å²) >= 11 is 0. The molecule has 0 radical (unpaired) electrons. The molecule has 0 aliphatic heterocycles. The van der Waals surface area contributed by atoms with Gasteiger partial charge in [-0.3, -0.25) is 0 Å². The normalized spacial score (nSPS) is 15.1. The highest BCUT2D eigenvalue weighted by Gasteiger charge is 2.13. The molecule has 0 aliphatic rings. The zero-order valence-corrected chi connectivity index (χ0v) is 9.46. The summed E-state index contributed by atoms with van der Waals surface area (Å²) in [6, 6.07) is 9.10. The zero-order chi connectivity index (χ0) is 10.6. The lowest BCUT2D eigenvalue weighted by Gasteiger charge is -2.19. The summed E-state index contributed by atoms with van der Waals surface area (Å²) < 4.78 is 0. The fourth-order valence-corrected chi connectivity index (χ4v) is 1.91. The van der Waals surface area contributed by atoms with Gasteiger partial charge < -0.3 is 5.73 Å². The number of rotatable bonds is 4. The fourth-order valence-electron chi connectivity index (χ4n) is 1.91. The maximum atomic E-state index is 5.95. The fraction of sp³-hybridized carbons (Fsp3) is 0.538. The van der Waals surface area contributed by atoms with Gasteiger partial charge in [-0.25, -0.2) is 0 Å². The molecule has 0 bridgehead atoms. The van der Waals surface area contributed by atoms with Crippen molar-refractivity contribution in [3.63, 3.8) is 0 Å². The zero-order valence-electron chi connectivity index (χ0n) is 9.46. The molecule has 14 heavy (non-hydrogen) atoms. The van der Waals surface area contributed by atoms with E-state index in [-0.39, 0.29) is 6.04 Å². The molecule has 0 aliphatic carbocycles. The monoisotopic (exact) mass is 191 g/mol. The molecule has 0 amide bonds. The molecule has 2 atom stereocenters. The predicted octanol–water partition coefficient (Wildman–Crippen LogP) is 3.09. The van der Waals surface area contributed by atoms with Gasteiger partial charge in [0, 0.05) is 6.04 Å². The molecule has 0 spiro atoms. The Morgan fingerprint density at radius 2 is 1.71 bits per heavy atom. The third-order valence-corrected chi connectivity index (χ3v) is 2.89. The Morgan fingerprint density at radius 1 is 1.14 bits per heavy atom. The minimum atomic E-state index is 0.243. The third-order valence-electron chi connectivity index (χ3n) is 2.89. The van der Waals surface area contributed by atoms with Crippen LogP contribution in [0.15, 0.2) is 24.3 Å². The van der Waals surface area contributed by atoms with Gasteiger partial charge in [0.15, 0.2) is 0 Å². The smallest absolute Gasteiger partial charge is 0.00792 e. The van der Waals surface area contributed by atoms with Crippen molar-refractivity contribution >= 4 is 0 Å². The van der Waals surface area contributed by atoms with Gasteiger partial charge in [-0.15, -0.1) is 0 Å². The van der Waals surface area contributed by atoms with E-state index in [4.69, 9.17) is 5.73 Å². The molecule has 0 saturated carbocycles. The SMILES string of the molecule is CCc1ccc(C(CC)C(C)N)cc1. The van der Waals surface area contributed by atoms with Crippen molar-refractivity contribution < 1.29 is 0 Å². The van der Waals surface area contributed by atoms with Crippen LogP contribution in [0.25, 0.3) is 0 Å². The molecule has 0 fully saturated rings. The summed E-state index contributed by atoms with van der Waals surface area (Å²) in [6.45, 7) is 6.46. The molecule has 1 aromatic carbocycles. The van der Waals surface area contributed by atoms with Crippen molar-refractivity contribution in [1.82, 2.24) is 0 Å². The van der Waals surface area contributed by atoms with E-state index in [1.165, 1.54) is 11.1 Å². The molecule has 78 valence electrons. The average molecular weight is 191 g/mol. The van der Waals surface area contributed by atoms with E-state index in [1.54, 1.807) is 0 Å². The van der Waals surface area contributed by atoms with Gasteiger partial charge in [-0.05, 0) is 36.8 Å². The van der Waals surface area contributed by atoms with Crippen LogP contribution in [0.2, 0.25) is 0 Å². The van der Waals surface area contributed by atoms with E-state index in [1.807, 2.05) is 0 Å². The summed E-state index contributed by atoms with van der Waals surface area (Å²) in [5, 5.41) is 0. The van der Waals surface area contributed by atoms with E-state index in [0.29, 0.717) is 5.92 Å². The maximum absolute atomic E-state index is 5.95. The van der Waals surface area contributed by atoms with Crippen LogP contribution < -0.4 is 5.73 Å². The van der Waals surface area contributed by atoms with E-state index in [9.17, 15) is 0 Å². The summed E-state index contributed by atoms with van der Waals surface area (Å²) in [6.07, 6.45) is 2.22. The first-order valence-electron chi connectivity index (χ1n) is 5.53. The predicted molar refractivity (Wildman–Crippen MR) is 62.5 cm³/mol. The Balaban J connectivity index is 2.84. The molecule has 1 heteroatoms. The first-order chi connectivity index (χ1) is 6.69. The Morgan fingerprint density at radius 3 is 2.07 bits per heavy atom. The van der Waals surface area contributed by atoms with Crippen LogP contribution in [0, 0.1) is 0 Å². The number of hydrogen-bond donors (Lipinski definition) is 1. The van der Waals surface area contributed by atoms with Crippen molar-refractivity contribution in [1.29, 1.82) is 0 Å². The first kappa shape index (κ1) is 11.3. The Hall–Kier alpha value is -0.820. The highest BCUT2D eigenvalue weighted by atomic mass is 14.6. The molecule has 1 nitrogen and oxygen atoms in total. The molecule has 0 saturated heterocycles. The summed E-state index contributed by atoms with van der Waals surface area (Å²) in [4.78, 5) is 0. The third kappa shape index (κ3) is 2.58. The molecular formula is C13H21N. The summed E-state index contributed by atoms with van der Waals surface area (Å²) in [5.41, 5.74) is 8.72. The maximum Gasteiger partial charge on any atom is 0.00792 e. The highest BCUT2D eigenvalue weighted by molar-refractivity contribution is 5.26. The van der Waals surface area contributed by atoms with Crippen molar-refractivity contribution in [2.24, 2.45) is 5.73 Å². The van der Waals surface area contributed by atoms with Crippen LogP contribution in [-0.4, -0.2) is 6.04 Å². The van der Waals surface area contributed by atoms with E-state index in [0.717, 1.165) is 12.8 Å². The van der Waals surface area contributed by atoms with Crippen LogP contribution in [0.1, 0.15) is 44.2 Å². The minimum Gasteiger partial charge on any atom is -0.327 e.